The maximum atomic E-state index is 13.4. The van der Waals surface area contributed by atoms with Gasteiger partial charge in [-0.1, -0.05) is 32.9 Å². The maximum absolute atomic E-state index is 13.4. The molecule has 3 heterocycles. The van der Waals surface area contributed by atoms with Crippen LogP contribution in [-0.2, 0) is 15.0 Å². The number of fused-ring (bicyclic) bond motifs is 1. The van der Waals surface area contributed by atoms with Gasteiger partial charge in [0.2, 0.25) is 5.95 Å². The highest BCUT2D eigenvalue weighted by atomic mass is 16.5. The molecule has 1 aliphatic rings. The number of carbonyl (C=O) groups excluding carboxylic acids is 2. The Labute approximate surface area is 208 Å². The fourth-order valence-electron chi connectivity index (χ4n) is 4.50. The van der Waals surface area contributed by atoms with Crippen molar-refractivity contribution in [3.8, 4) is 5.75 Å². The van der Waals surface area contributed by atoms with Crippen LogP contribution >= 0.6 is 0 Å². The molecule has 1 amide bonds. The van der Waals surface area contributed by atoms with Crippen molar-refractivity contribution in [3.63, 3.8) is 0 Å². The molecular weight excluding hydrogens is 458 g/mol. The van der Waals surface area contributed by atoms with E-state index >= 15 is 0 Å². The molecule has 1 fully saturated rings. The van der Waals surface area contributed by atoms with Gasteiger partial charge in [0.25, 0.3) is 5.78 Å². The molecule has 0 aliphatic carbocycles. The van der Waals surface area contributed by atoms with E-state index in [0.717, 1.165) is 16.6 Å². The van der Waals surface area contributed by atoms with Crippen LogP contribution in [0, 0.1) is 6.92 Å². The van der Waals surface area contributed by atoms with Crippen molar-refractivity contribution in [2.24, 2.45) is 0 Å². The Bertz CT molecular complexity index is 1520. The van der Waals surface area contributed by atoms with Crippen LogP contribution in [0.4, 0.5) is 5.95 Å². The van der Waals surface area contributed by atoms with Crippen molar-refractivity contribution in [2.45, 2.75) is 39.2 Å². The van der Waals surface area contributed by atoms with Gasteiger partial charge in [0.05, 0.1) is 35.5 Å². The Kier molecular flexibility index (Phi) is 5.47. The summed E-state index contributed by atoms with van der Waals surface area (Å²) in [4.78, 5) is 35.7. The number of aryl methyl sites for hydroxylation is 1. The number of rotatable bonds is 4. The summed E-state index contributed by atoms with van der Waals surface area (Å²) in [5, 5.41) is 11.5. The normalized spacial score (nSPS) is 17.8. The zero-order valence-electron chi connectivity index (χ0n) is 20.7. The van der Waals surface area contributed by atoms with Crippen LogP contribution in [-0.4, -0.2) is 33.9 Å². The number of imidazole rings is 1. The van der Waals surface area contributed by atoms with Crippen LogP contribution in [0.15, 0.2) is 64.8 Å². The van der Waals surface area contributed by atoms with E-state index in [1.807, 2.05) is 52.0 Å². The number of amides is 1. The molecule has 0 saturated carbocycles. The van der Waals surface area contributed by atoms with E-state index in [4.69, 9.17) is 9.15 Å². The standard InChI is InChI=1S/C28H27N3O5/c1-15-8-10-18-19(13-15)30-27(29-18)31-23(21-7-6-12-36-21)22(25(33)26(31)34)24(32)17-14-16(28(2,3)4)9-11-20(17)35-5/h6-14,23,32H,1-5H3,(H,29,30)/b24-22+. The highest BCUT2D eigenvalue weighted by Gasteiger charge is 2.49. The number of hydrogen-bond donors (Lipinski definition) is 2. The van der Waals surface area contributed by atoms with Gasteiger partial charge in [-0.05, 0) is 59.9 Å². The number of hydrogen-bond acceptors (Lipinski definition) is 6. The van der Waals surface area contributed by atoms with Crippen molar-refractivity contribution in [1.82, 2.24) is 9.97 Å². The highest BCUT2D eigenvalue weighted by Crippen LogP contribution is 2.43. The zero-order valence-corrected chi connectivity index (χ0v) is 20.7. The third kappa shape index (κ3) is 3.75. The van der Waals surface area contributed by atoms with Gasteiger partial charge in [-0.3, -0.25) is 14.5 Å². The zero-order chi connectivity index (χ0) is 25.8. The average molecular weight is 486 g/mol. The Hall–Kier alpha value is -4.33. The van der Waals surface area contributed by atoms with Crippen LogP contribution in [0.1, 0.15) is 49.3 Å². The molecule has 1 unspecified atom stereocenters. The number of nitrogens with zero attached hydrogens (tertiary/aromatic N) is 2. The van der Waals surface area contributed by atoms with Gasteiger partial charge >= 0.3 is 5.91 Å². The predicted molar refractivity (Wildman–Crippen MR) is 136 cm³/mol. The molecule has 0 spiro atoms. The minimum Gasteiger partial charge on any atom is -0.507 e. The Morgan fingerprint density at radius 1 is 1.14 bits per heavy atom. The topological polar surface area (TPSA) is 109 Å². The summed E-state index contributed by atoms with van der Waals surface area (Å²) in [6, 6.07) is 13.4. The number of ketones is 1. The minimum atomic E-state index is -1.02. The molecular formula is C28H27N3O5. The van der Waals surface area contributed by atoms with Crippen molar-refractivity contribution in [1.29, 1.82) is 0 Å². The third-order valence-electron chi connectivity index (χ3n) is 6.43. The predicted octanol–water partition coefficient (Wildman–Crippen LogP) is 5.40. The van der Waals surface area contributed by atoms with Crippen LogP contribution in [0.25, 0.3) is 16.8 Å². The van der Waals surface area contributed by atoms with Gasteiger partial charge in [-0.25, -0.2) is 4.98 Å². The smallest absolute Gasteiger partial charge is 0.302 e. The molecule has 36 heavy (non-hydrogen) atoms. The minimum absolute atomic E-state index is 0.101. The van der Waals surface area contributed by atoms with Crippen LogP contribution in [0.5, 0.6) is 5.75 Å². The van der Waals surface area contributed by atoms with E-state index in [-0.39, 0.29) is 22.7 Å². The lowest BCUT2D eigenvalue weighted by Crippen LogP contribution is -2.30. The first-order valence-corrected chi connectivity index (χ1v) is 11.6. The van der Waals surface area contributed by atoms with Gasteiger partial charge in [0.15, 0.2) is 0 Å². The number of aliphatic hydroxyl groups excluding tert-OH is 1. The average Bonchev–Trinajstić information content (AvgIpc) is 3.56. The lowest BCUT2D eigenvalue weighted by Gasteiger charge is -2.23. The molecule has 1 aliphatic heterocycles. The van der Waals surface area contributed by atoms with E-state index in [2.05, 4.69) is 9.97 Å². The molecule has 2 aromatic carbocycles. The van der Waals surface area contributed by atoms with Gasteiger partial charge in [-0.2, -0.15) is 0 Å². The monoisotopic (exact) mass is 485 g/mol. The summed E-state index contributed by atoms with van der Waals surface area (Å²) in [5.74, 6) is -1.11. The quantitative estimate of drug-likeness (QED) is 0.228. The molecule has 2 N–H and O–H groups in total. The number of benzene rings is 2. The van der Waals surface area contributed by atoms with E-state index in [9.17, 15) is 14.7 Å². The first-order valence-electron chi connectivity index (χ1n) is 11.6. The third-order valence-corrected chi connectivity index (χ3v) is 6.43. The van der Waals surface area contributed by atoms with E-state index < -0.39 is 17.7 Å². The van der Waals surface area contributed by atoms with E-state index in [0.29, 0.717) is 22.6 Å². The lowest BCUT2D eigenvalue weighted by atomic mass is 9.85. The van der Waals surface area contributed by atoms with Crippen LogP contribution in [0.2, 0.25) is 0 Å². The maximum Gasteiger partial charge on any atom is 0.302 e. The number of aliphatic hydroxyl groups is 1. The fourth-order valence-corrected chi connectivity index (χ4v) is 4.50. The summed E-state index contributed by atoms with van der Waals surface area (Å²) in [7, 11) is 1.49. The largest absolute Gasteiger partial charge is 0.507 e. The molecule has 0 bridgehead atoms. The first-order chi connectivity index (χ1) is 17.1. The van der Waals surface area contributed by atoms with Crippen LogP contribution in [0.3, 0.4) is 0 Å². The van der Waals surface area contributed by atoms with E-state index in [1.54, 1.807) is 24.3 Å². The highest BCUT2D eigenvalue weighted by molar-refractivity contribution is 6.51. The van der Waals surface area contributed by atoms with E-state index in [1.165, 1.54) is 18.3 Å². The number of methoxy groups -OCH3 is 1. The molecule has 184 valence electrons. The second kappa shape index (κ2) is 8.41. The number of ether oxygens (including phenoxy) is 1. The van der Waals surface area contributed by atoms with Gasteiger partial charge in [0, 0.05) is 0 Å². The summed E-state index contributed by atoms with van der Waals surface area (Å²) < 4.78 is 11.1. The summed E-state index contributed by atoms with van der Waals surface area (Å²) in [6.07, 6.45) is 1.46. The van der Waals surface area contributed by atoms with Gasteiger partial charge < -0.3 is 19.2 Å². The molecule has 8 nitrogen and oxygen atoms in total. The fraction of sp³-hybridized carbons (Fsp3) is 0.250. The summed E-state index contributed by atoms with van der Waals surface area (Å²) >= 11 is 0. The number of aromatic amines is 1. The Balaban J connectivity index is 1.73. The molecule has 1 atom stereocenters. The number of aromatic nitrogens is 2. The lowest BCUT2D eigenvalue weighted by molar-refractivity contribution is -0.132. The summed E-state index contributed by atoms with van der Waals surface area (Å²) in [6.45, 7) is 8.09. The number of carbonyl (C=O) groups is 2. The molecule has 4 aromatic rings. The van der Waals surface area contributed by atoms with Crippen molar-refractivity contribution >= 4 is 34.4 Å². The second-order valence-corrected chi connectivity index (χ2v) is 9.93. The molecule has 2 aromatic heterocycles. The summed E-state index contributed by atoms with van der Waals surface area (Å²) in [5.41, 5.74) is 3.32. The number of nitrogens with one attached hydrogen (secondary N) is 1. The van der Waals surface area contributed by atoms with Gasteiger partial charge in [-0.15, -0.1) is 0 Å². The number of anilines is 1. The van der Waals surface area contributed by atoms with Crippen molar-refractivity contribution in [3.05, 3.63) is 82.8 Å². The number of furan rings is 1. The Morgan fingerprint density at radius 3 is 2.58 bits per heavy atom. The van der Waals surface area contributed by atoms with Crippen LogP contribution < -0.4 is 9.64 Å². The van der Waals surface area contributed by atoms with Crippen molar-refractivity contribution < 1.29 is 23.8 Å². The number of H-pyrrole nitrogens is 1. The van der Waals surface area contributed by atoms with Crippen molar-refractivity contribution in [2.75, 3.05) is 12.0 Å². The van der Waals surface area contributed by atoms with Gasteiger partial charge in [0.1, 0.15) is 23.3 Å². The SMILES string of the molecule is COc1ccc(C(C)(C)C)cc1/C(O)=C1\C(=O)C(=O)N(c2nc3ccc(C)cc3[nH]2)C1c1ccco1. The molecule has 0 radical (unpaired) electrons. The Morgan fingerprint density at radius 2 is 1.92 bits per heavy atom. The first kappa shape index (κ1) is 23.4. The molecule has 5 rings (SSSR count). The second-order valence-electron chi connectivity index (χ2n) is 9.93. The molecule has 1 saturated heterocycles. The number of Topliss-reactive ketones (excluding diaryl/α,β-unsaturated/α-hetero) is 1. The molecule has 8 heteroatoms.